The fourth-order valence-corrected chi connectivity index (χ4v) is 3.48. The van der Waals surface area contributed by atoms with Crippen LogP contribution in [0.4, 0.5) is 0 Å². The first-order chi connectivity index (χ1) is 14.3. The number of hydrogen-bond donors (Lipinski definition) is 3. The second-order valence-electron chi connectivity index (χ2n) is 8.69. The van der Waals surface area contributed by atoms with Crippen molar-refractivity contribution in [3.8, 4) is 5.75 Å². The van der Waals surface area contributed by atoms with E-state index in [1.165, 1.54) is 18.4 Å². The molecule has 0 radical (unpaired) electrons. The molecule has 0 aliphatic carbocycles. The highest BCUT2D eigenvalue weighted by molar-refractivity contribution is 5.81. The van der Waals surface area contributed by atoms with Crippen LogP contribution in [0.15, 0.2) is 29.3 Å². The lowest BCUT2D eigenvalue weighted by molar-refractivity contribution is -0.128. The third kappa shape index (κ3) is 7.52. The van der Waals surface area contributed by atoms with Crippen molar-refractivity contribution in [2.24, 2.45) is 10.4 Å². The number of rotatable bonds is 9. The first kappa shape index (κ1) is 24.0. The van der Waals surface area contributed by atoms with Crippen LogP contribution in [0.3, 0.4) is 0 Å². The summed E-state index contributed by atoms with van der Waals surface area (Å²) in [6, 6.07) is 8.51. The predicted molar refractivity (Wildman–Crippen MR) is 123 cm³/mol. The predicted octanol–water partition coefficient (Wildman–Crippen LogP) is 2.55. The minimum Gasteiger partial charge on any atom is -0.497 e. The summed E-state index contributed by atoms with van der Waals surface area (Å²) < 4.78 is 5.43. The van der Waals surface area contributed by atoms with Crippen molar-refractivity contribution in [3.63, 3.8) is 0 Å². The highest BCUT2D eigenvalue weighted by Crippen LogP contribution is 2.27. The van der Waals surface area contributed by atoms with Gasteiger partial charge in [0.15, 0.2) is 5.96 Å². The molecule has 0 bridgehead atoms. The van der Waals surface area contributed by atoms with E-state index >= 15 is 0 Å². The number of methoxy groups -OCH3 is 1. The van der Waals surface area contributed by atoms with E-state index in [-0.39, 0.29) is 17.4 Å². The van der Waals surface area contributed by atoms with Crippen molar-refractivity contribution in [2.75, 3.05) is 46.4 Å². The summed E-state index contributed by atoms with van der Waals surface area (Å²) in [5, 5.41) is 9.59. The van der Waals surface area contributed by atoms with Gasteiger partial charge in [0, 0.05) is 25.0 Å². The maximum atomic E-state index is 12.0. The number of guanidine groups is 1. The SMILES string of the molecule is CCNC(=NCC(c1cccc(OC)c1)N1CCCC1)NCCNC(=O)C(C)(C)C. The summed E-state index contributed by atoms with van der Waals surface area (Å²) in [6.45, 7) is 12.6. The molecule has 1 fully saturated rings. The van der Waals surface area contributed by atoms with Crippen LogP contribution in [0.2, 0.25) is 0 Å². The number of ether oxygens (including phenoxy) is 1. The summed E-state index contributed by atoms with van der Waals surface area (Å²) in [7, 11) is 1.70. The van der Waals surface area contributed by atoms with E-state index in [1.807, 2.05) is 32.9 Å². The highest BCUT2D eigenvalue weighted by atomic mass is 16.5. The lowest BCUT2D eigenvalue weighted by Crippen LogP contribution is -2.43. The zero-order valence-corrected chi connectivity index (χ0v) is 19.3. The zero-order valence-electron chi connectivity index (χ0n) is 19.3. The van der Waals surface area contributed by atoms with Gasteiger partial charge >= 0.3 is 0 Å². The molecular formula is C23H39N5O2. The van der Waals surface area contributed by atoms with E-state index in [4.69, 9.17) is 9.73 Å². The lowest BCUT2D eigenvalue weighted by atomic mass is 9.96. The number of nitrogens with zero attached hydrogens (tertiary/aromatic N) is 2. The van der Waals surface area contributed by atoms with E-state index in [1.54, 1.807) is 7.11 Å². The average molecular weight is 418 g/mol. The summed E-state index contributed by atoms with van der Waals surface area (Å²) in [4.78, 5) is 19.4. The smallest absolute Gasteiger partial charge is 0.225 e. The molecule has 3 N–H and O–H groups in total. The Kier molecular flexibility index (Phi) is 9.43. The van der Waals surface area contributed by atoms with Crippen LogP contribution in [0.5, 0.6) is 5.75 Å². The van der Waals surface area contributed by atoms with E-state index in [9.17, 15) is 4.79 Å². The van der Waals surface area contributed by atoms with Crippen LogP contribution in [0, 0.1) is 5.41 Å². The standard InChI is InChI=1S/C23H39N5O2/c1-6-24-22(26-13-12-25-21(29)23(2,3)4)27-17-20(28-14-7-8-15-28)18-10-9-11-19(16-18)30-5/h9-11,16,20H,6-8,12-15,17H2,1-5H3,(H,25,29)(H2,24,26,27). The van der Waals surface area contributed by atoms with Gasteiger partial charge in [0.05, 0.1) is 19.7 Å². The van der Waals surface area contributed by atoms with Crippen molar-refractivity contribution in [3.05, 3.63) is 29.8 Å². The minimum atomic E-state index is -0.377. The molecule has 1 aliphatic rings. The van der Waals surface area contributed by atoms with Gasteiger partial charge in [-0.05, 0) is 50.6 Å². The molecule has 2 rings (SSSR count). The molecule has 0 aromatic heterocycles. The first-order valence-corrected chi connectivity index (χ1v) is 11.0. The van der Waals surface area contributed by atoms with Crippen molar-refractivity contribution in [2.45, 2.75) is 46.6 Å². The largest absolute Gasteiger partial charge is 0.497 e. The fraction of sp³-hybridized carbons (Fsp3) is 0.652. The van der Waals surface area contributed by atoms with Gasteiger partial charge in [-0.25, -0.2) is 0 Å². The third-order valence-electron chi connectivity index (χ3n) is 5.21. The molecule has 1 unspecified atom stereocenters. The van der Waals surface area contributed by atoms with E-state index in [0.29, 0.717) is 19.6 Å². The molecule has 1 amide bonds. The Bertz CT molecular complexity index is 693. The Morgan fingerprint density at radius 3 is 2.50 bits per heavy atom. The van der Waals surface area contributed by atoms with Gasteiger partial charge in [0.2, 0.25) is 5.91 Å². The van der Waals surface area contributed by atoms with Gasteiger partial charge in [-0.1, -0.05) is 32.9 Å². The van der Waals surface area contributed by atoms with E-state index < -0.39 is 0 Å². The average Bonchev–Trinajstić information content (AvgIpc) is 3.25. The quantitative estimate of drug-likeness (QED) is 0.327. The number of hydrogen-bond acceptors (Lipinski definition) is 4. The summed E-state index contributed by atoms with van der Waals surface area (Å²) in [5.41, 5.74) is 0.853. The summed E-state index contributed by atoms with van der Waals surface area (Å²) in [6.07, 6.45) is 2.46. The summed E-state index contributed by atoms with van der Waals surface area (Å²) in [5.74, 6) is 1.70. The molecular weight excluding hydrogens is 378 g/mol. The molecule has 1 aromatic rings. The summed E-state index contributed by atoms with van der Waals surface area (Å²) >= 11 is 0. The van der Waals surface area contributed by atoms with E-state index in [0.717, 1.165) is 31.3 Å². The third-order valence-corrected chi connectivity index (χ3v) is 5.21. The van der Waals surface area contributed by atoms with Gasteiger partial charge in [-0.3, -0.25) is 14.7 Å². The number of nitrogens with one attached hydrogen (secondary N) is 3. The minimum absolute atomic E-state index is 0.0540. The Morgan fingerprint density at radius 1 is 1.17 bits per heavy atom. The van der Waals surface area contributed by atoms with Gasteiger partial charge in [-0.2, -0.15) is 0 Å². The van der Waals surface area contributed by atoms with Crippen molar-refractivity contribution >= 4 is 11.9 Å². The van der Waals surface area contributed by atoms with Crippen molar-refractivity contribution in [1.29, 1.82) is 0 Å². The molecule has 0 saturated carbocycles. The molecule has 30 heavy (non-hydrogen) atoms. The van der Waals surface area contributed by atoms with Gasteiger partial charge in [-0.15, -0.1) is 0 Å². The number of aliphatic imine (C=N–C) groups is 1. The maximum Gasteiger partial charge on any atom is 0.225 e. The Hall–Kier alpha value is -2.28. The van der Waals surface area contributed by atoms with Crippen LogP contribution < -0.4 is 20.7 Å². The van der Waals surface area contributed by atoms with Crippen LogP contribution in [0.25, 0.3) is 0 Å². The molecule has 7 heteroatoms. The van der Waals surface area contributed by atoms with Crippen molar-refractivity contribution in [1.82, 2.24) is 20.9 Å². The molecule has 1 atom stereocenters. The van der Waals surface area contributed by atoms with Gasteiger partial charge < -0.3 is 20.7 Å². The Balaban J connectivity index is 2.01. The van der Waals surface area contributed by atoms with Crippen molar-refractivity contribution < 1.29 is 9.53 Å². The number of carbonyl (C=O) groups is 1. The van der Waals surface area contributed by atoms with Crippen LogP contribution >= 0.6 is 0 Å². The number of carbonyl (C=O) groups excluding carboxylic acids is 1. The Morgan fingerprint density at radius 2 is 1.87 bits per heavy atom. The monoisotopic (exact) mass is 417 g/mol. The number of likely N-dealkylation sites (tertiary alicyclic amines) is 1. The number of amides is 1. The molecule has 0 spiro atoms. The Labute approximate surface area is 181 Å². The van der Waals surface area contributed by atoms with Crippen LogP contribution in [0.1, 0.15) is 52.1 Å². The lowest BCUT2D eigenvalue weighted by Gasteiger charge is -2.27. The molecule has 1 saturated heterocycles. The molecule has 1 aliphatic heterocycles. The first-order valence-electron chi connectivity index (χ1n) is 11.0. The van der Waals surface area contributed by atoms with Gasteiger partial charge in [0.1, 0.15) is 5.75 Å². The molecule has 1 aromatic carbocycles. The van der Waals surface area contributed by atoms with Crippen LogP contribution in [-0.4, -0.2) is 63.1 Å². The second kappa shape index (κ2) is 11.8. The molecule has 1 heterocycles. The highest BCUT2D eigenvalue weighted by Gasteiger charge is 2.24. The van der Waals surface area contributed by atoms with Crippen LogP contribution in [-0.2, 0) is 4.79 Å². The fourth-order valence-electron chi connectivity index (χ4n) is 3.48. The maximum absolute atomic E-state index is 12.0. The normalized spacial score (nSPS) is 16.2. The molecule has 168 valence electrons. The topological polar surface area (TPSA) is 78.0 Å². The zero-order chi connectivity index (χ0) is 22.0. The van der Waals surface area contributed by atoms with E-state index in [2.05, 4.69) is 39.9 Å². The molecule has 7 nitrogen and oxygen atoms in total. The van der Waals surface area contributed by atoms with Gasteiger partial charge in [0.25, 0.3) is 0 Å². The number of benzene rings is 1. The second-order valence-corrected chi connectivity index (χ2v) is 8.69.